The fraction of sp³-hybridized carbons (Fsp3) is 0.250. The fourth-order valence-corrected chi connectivity index (χ4v) is 5.40. The number of aryl methyl sites for hydroxylation is 1. The van der Waals surface area contributed by atoms with Gasteiger partial charge < -0.3 is 4.90 Å². The number of pyridine rings is 1. The third kappa shape index (κ3) is 3.82. The summed E-state index contributed by atoms with van der Waals surface area (Å²) in [6.07, 6.45) is 1.91. The molecule has 0 N–H and O–H groups in total. The average molecular weight is 502 g/mol. The van der Waals surface area contributed by atoms with Crippen LogP contribution >= 0.6 is 0 Å². The van der Waals surface area contributed by atoms with E-state index < -0.39 is 18.4 Å². The molecule has 4 heterocycles. The molecule has 1 atom stereocenters. The van der Waals surface area contributed by atoms with Crippen molar-refractivity contribution in [3.63, 3.8) is 0 Å². The van der Waals surface area contributed by atoms with Crippen LogP contribution in [0.25, 0.3) is 33.4 Å². The first-order valence-electron chi connectivity index (χ1n) is 12.3. The lowest BCUT2D eigenvalue weighted by atomic mass is 10.1. The Hall–Kier alpha value is -4.27. The molecule has 1 unspecified atom stereocenters. The van der Waals surface area contributed by atoms with Crippen LogP contribution in [0.15, 0.2) is 77.9 Å². The van der Waals surface area contributed by atoms with E-state index in [1.165, 1.54) is 9.47 Å². The number of fused-ring (bicyclic) bond motifs is 2. The smallest absolute Gasteiger partial charge is 0.332 e. The summed E-state index contributed by atoms with van der Waals surface area (Å²) in [5.74, 6) is -0.464. The quantitative estimate of drug-likeness (QED) is 0.352. The number of alkyl halides is 2. The molecule has 7 nitrogen and oxygen atoms in total. The Morgan fingerprint density at radius 3 is 2.62 bits per heavy atom. The van der Waals surface area contributed by atoms with Gasteiger partial charge in [-0.25, -0.2) is 18.1 Å². The molecular formula is C28H25F2N5O2. The molecule has 1 saturated heterocycles. The SMILES string of the molecule is Cc1cccc2c1n(-c1ccc(-c3cnn4ccccc34)cc1)c(=O)n2CC(=O)N1CCCC1C(F)F. The standard InChI is InChI=1S/C28H25F2N5O2/c1-18-6-4-8-23-26(18)35(28(37)33(23)17-25(36)32-14-5-9-24(32)27(29)30)20-12-10-19(11-13-20)21-16-31-34-15-3-2-7-22(21)34/h2-4,6-8,10-13,15-16,24,27H,5,9,14,17H2,1H3. The molecule has 0 aliphatic carbocycles. The molecule has 37 heavy (non-hydrogen) atoms. The molecule has 188 valence electrons. The second-order valence-corrected chi connectivity index (χ2v) is 9.41. The summed E-state index contributed by atoms with van der Waals surface area (Å²) in [4.78, 5) is 28.0. The summed E-state index contributed by atoms with van der Waals surface area (Å²) < 4.78 is 31.7. The van der Waals surface area contributed by atoms with Gasteiger partial charge in [0.05, 0.1) is 34.5 Å². The molecule has 3 aromatic heterocycles. The second-order valence-electron chi connectivity index (χ2n) is 9.41. The maximum atomic E-state index is 13.7. The fourth-order valence-electron chi connectivity index (χ4n) is 5.40. The lowest BCUT2D eigenvalue weighted by molar-refractivity contribution is -0.135. The van der Waals surface area contributed by atoms with Gasteiger partial charge >= 0.3 is 5.69 Å². The van der Waals surface area contributed by atoms with Crippen LogP contribution in [-0.2, 0) is 11.3 Å². The maximum absolute atomic E-state index is 13.7. The summed E-state index contributed by atoms with van der Waals surface area (Å²) in [7, 11) is 0. The number of imidazole rings is 1. The zero-order valence-corrected chi connectivity index (χ0v) is 20.2. The van der Waals surface area contributed by atoms with Gasteiger partial charge in [-0.2, -0.15) is 5.10 Å². The number of hydrogen-bond donors (Lipinski definition) is 0. The Morgan fingerprint density at radius 2 is 1.84 bits per heavy atom. The van der Waals surface area contributed by atoms with Gasteiger partial charge in [0, 0.05) is 18.3 Å². The van der Waals surface area contributed by atoms with Gasteiger partial charge in [0.1, 0.15) is 6.54 Å². The average Bonchev–Trinajstić information content (AvgIpc) is 3.62. The number of aromatic nitrogens is 4. The van der Waals surface area contributed by atoms with Crippen molar-refractivity contribution in [1.82, 2.24) is 23.6 Å². The Kier molecular flexibility index (Phi) is 5.62. The molecule has 2 aromatic carbocycles. The van der Waals surface area contributed by atoms with Crippen LogP contribution in [0.1, 0.15) is 18.4 Å². The molecular weight excluding hydrogens is 476 g/mol. The monoisotopic (exact) mass is 501 g/mol. The third-order valence-electron chi connectivity index (χ3n) is 7.22. The largest absolute Gasteiger partial charge is 0.334 e. The van der Waals surface area contributed by atoms with Gasteiger partial charge in [-0.05, 0) is 61.2 Å². The predicted molar refractivity (Wildman–Crippen MR) is 137 cm³/mol. The molecule has 0 bridgehead atoms. The molecule has 1 aliphatic rings. The number of hydrogen-bond acceptors (Lipinski definition) is 3. The molecule has 1 fully saturated rings. The number of rotatable bonds is 5. The summed E-state index contributed by atoms with van der Waals surface area (Å²) >= 11 is 0. The predicted octanol–water partition coefficient (Wildman–Crippen LogP) is 4.67. The first-order valence-corrected chi connectivity index (χ1v) is 12.3. The normalized spacial score (nSPS) is 15.9. The van der Waals surface area contributed by atoms with Crippen LogP contribution in [0, 0.1) is 6.92 Å². The van der Waals surface area contributed by atoms with E-state index in [0.29, 0.717) is 23.1 Å². The Labute approximate surface area is 211 Å². The van der Waals surface area contributed by atoms with Crippen molar-refractivity contribution < 1.29 is 13.6 Å². The van der Waals surface area contributed by atoms with Crippen LogP contribution in [-0.4, -0.2) is 48.6 Å². The van der Waals surface area contributed by atoms with Gasteiger partial charge in [-0.1, -0.05) is 30.3 Å². The van der Waals surface area contributed by atoms with Crippen molar-refractivity contribution >= 4 is 22.5 Å². The number of benzene rings is 2. The van der Waals surface area contributed by atoms with Crippen LogP contribution in [0.3, 0.4) is 0 Å². The van der Waals surface area contributed by atoms with Crippen molar-refractivity contribution in [1.29, 1.82) is 0 Å². The Morgan fingerprint density at radius 1 is 1.05 bits per heavy atom. The zero-order valence-electron chi connectivity index (χ0n) is 20.2. The number of carbonyl (C=O) groups is 1. The highest BCUT2D eigenvalue weighted by atomic mass is 19.3. The van der Waals surface area contributed by atoms with E-state index in [1.54, 1.807) is 15.1 Å². The highest BCUT2D eigenvalue weighted by Crippen LogP contribution is 2.28. The second kappa shape index (κ2) is 8.99. The summed E-state index contributed by atoms with van der Waals surface area (Å²) in [6, 6.07) is 17.9. The number of amides is 1. The van der Waals surface area contributed by atoms with Crippen molar-refractivity contribution in [3.05, 3.63) is 89.1 Å². The highest BCUT2D eigenvalue weighted by molar-refractivity contribution is 5.85. The number of carbonyl (C=O) groups excluding carboxylic acids is 1. The molecule has 5 aromatic rings. The maximum Gasteiger partial charge on any atom is 0.334 e. The minimum absolute atomic E-state index is 0.276. The van der Waals surface area contributed by atoms with E-state index in [0.717, 1.165) is 22.2 Å². The van der Waals surface area contributed by atoms with Crippen molar-refractivity contribution in [2.24, 2.45) is 0 Å². The summed E-state index contributed by atoms with van der Waals surface area (Å²) in [5.41, 5.74) is 5.34. The topological polar surface area (TPSA) is 64.5 Å². The number of nitrogens with zero attached hydrogens (tertiary/aromatic N) is 5. The third-order valence-corrected chi connectivity index (χ3v) is 7.22. The minimum Gasteiger partial charge on any atom is -0.332 e. The molecule has 0 saturated carbocycles. The molecule has 9 heteroatoms. The number of likely N-dealkylation sites (tertiary alicyclic amines) is 1. The Bertz CT molecular complexity index is 1680. The van der Waals surface area contributed by atoms with Crippen LogP contribution in [0.2, 0.25) is 0 Å². The molecule has 0 spiro atoms. The molecule has 1 aliphatic heterocycles. The lowest BCUT2D eigenvalue weighted by Gasteiger charge is -2.24. The van der Waals surface area contributed by atoms with Crippen molar-refractivity contribution in [3.8, 4) is 16.8 Å². The molecule has 6 rings (SSSR count). The Balaban J connectivity index is 1.40. The number of para-hydroxylation sites is 1. The summed E-state index contributed by atoms with van der Waals surface area (Å²) in [6.45, 7) is 1.91. The first kappa shape index (κ1) is 23.1. The molecule has 1 amide bonds. The van der Waals surface area contributed by atoms with Crippen LogP contribution in [0.5, 0.6) is 0 Å². The van der Waals surface area contributed by atoms with Gasteiger partial charge in [-0.15, -0.1) is 0 Å². The van der Waals surface area contributed by atoms with Gasteiger partial charge in [0.2, 0.25) is 5.91 Å². The van der Waals surface area contributed by atoms with Crippen molar-refractivity contribution in [2.75, 3.05) is 6.54 Å². The molecule has 0 radical (unpaired) electrons. The van der Waals surface area contributed by atoms with Crippen LogP contribution in [0.4, 0.5) is 8.78 Å². The highest BCUT2D eigenvalue weighted by Gasteiger charge is 2.35. The summed E-state index contributed by atoms with van der Waals surface area (Å²) in [5, 5.41) is 4.40. The van der Waals surface area contributed by atoms with Crippen molar-refractivity contribution in [2.45, 2.75) is 38.8 Å². The van der Waals surface area contributed by atoms with E-state index >= 15 is 0 Å². The van der Waals surface area contributed by atoms with Gasteiger partial charge in [-0.3, -0.25) is 13.9 Å². The lowest BCUT2D eigenvalue weighted by Crippen LogP contribution is -2.42. The van der Waals surface area contributed by atoms with E-state index in [2.05, 4.69) is 5.10 Å². The van der Waals surface area contributed by atoms with E-state index in [4.69, 9.17) is 0 Å². The van der Waals surface area contributed by atoms with E-state index in [1.807, 2.05) is 73.9 Å². The zero-order chi connectivity index (χ0) is 25.7. The number of halogens is 2. The minimum atomic E-state index is -2.60. The van der Waals surface area contributed by atoms with E-state index in [-0.39, 0.29) is 25.2 Å². The van der Waals surface area contributed by atoms with Crippen LogP contribution < -0.4 is 5.69 Å². The van der Waals surface area contributed by atoms with Gasteiger partial charge in [0.25, 0.3) is 6.43 Å². The van der Waals surface area contributed by atoms with E-state index in [9.17, 15) is 18.4 Å². The van der Waals surface area contributed by atoms with Gasteiger partial charge in [0.15, 0.2) is 0 Å². The first-order chi connectivity index (χ1) is 17.9.